The Balaban J connectivity index is 0. The summed E-state index contributed by atoms with van der Waals surface area (Å²) in [5.74, 6) is 1.93. The molecule has 0 aliphatic carbocycles. The van der Waals surface area contributed by atoms with Crippen LogP contribution in [0.2, 0.25) is 0 Å². The third-order valence-electron chi connectivity index (χ3n) is 3.26. The highest BCUT2D eigenvalue weighted by atomic mass is 127. The lowest BCUT2D eigenvalue weighted by Gasteiger charge is -2.18. The fourth-order valence-corrected chi connectivity index (χ4v) is 1.58. The summed E-state index contributed by atoms with van der Waals surface area (Å²) in [6.07, 6.45) is 2.30. The van der Waals surface area contributed by atoms with Gasteiger partial charge in [-0.2, -0.15) is 0 Å². The third-order valence-corrected chi connectivity index (χ3v) is 3.26. The zero-order valence-corrected chi connectivity index (χ0v) is 16.7. The van der Waals surface area contributed by atoms with Crippen molar-refractivity contribution in [3.05, 3.63) is 0 Å². The number of halogens is 1. The molecule has 0 unspecified atom stereocenters. The molecule has 0 aromatic rings. The first-order valence-electron chi connectivity index (χ1n) is 7.62. The van der Waals surface area contributed by atoms with Gasteiger partial charge in [0.1, 0.15) is 6.54 Å². The van der Waals surface area contributed by atoms with Crippen LogP contribution in [0.5, 0.6) is 0 Å². The predicted octanol–water partition coefficient (Wildman–Crippen LogP) is 2.32. The maximum atomic E-state index is 11.6. The Bertz CT molecular complexity index is 302. The molecule has 0 radical (unpaired) electrons. The first kappa shape index (κ1) is 22.7. The Morgan fingerprint density at radius 1 is 1.10 bits per heavy atom. The van der Waals surface area contributed by atoms with Crippen LogP contribution in [0.25, 0.3) is 0 Å². The van der Waals surface area contributed by atoms with E-state index in [0.717, 1.165) is 31.9 Å². The van der Waals surface area contributed by atoms with Gasteiger partial charge in [-0.3, -0.25) is 4.79 Å². The number of carbonyl (C=O) groups excluding carboxylic acids is 1. The average Bonchev–Trinajstić information content (AvgIpc) is 2.41. The lowest BCUT2D eigenvalue weighted by atomic mass is 10.0. The lowest BCUT2D eigenvalue weighted by molar-refractivity contribution is -0.127. The molecule has 0 atom stereocenters. The fourth-order valence-electron chi connectivity index (χ4n) is 1.58. The Kier molecular flexibility index (Phi) is 14.2. The smallest absolute Gasteiger partial charge is 0.243 e. The van der Waals surface area contributed by atoms with E-state index in [4.69, 9.17) is 0 Å². The molecule has 1 amide bonds. The van der Waals surface area contributed by atoms with E-state index in [-0.39, 0.29) is 36.4 Å². The van der Waals surface area contributed by atoms with Crippen LogP contribution in [-0.4, -0.2) is 50.5 Å². The van der Waals surface area contributed by atoms with Crippen molar-refractivity contribution in [2.24, 2.45) is 16.8 Å². The second-order valence-corrected chi connectivity index (χ2v) is 5.79. The van der Waals surface area contributed by atoms with Crippen LogP contribution >= 0.6 is 24.0 Å². The minimum Gasteiger partial charge on any atom is -0.356 e. The van der Waals surface area contributed by atoms with E-state index < -0.39 is 0 Å². The molecular weight excluding hydrogens is 379 g/mol. The molecule has 0 bridgehead atoms. The van der Waals surface area contributed by atoms with E-state index in [1.807, 2.05) is 0 Å². The normalized spacial score (nSPS) is 11.3. The van der Waals surface area contributed by atoms with Crippen molar-refractivity contribution < 1.29 is 4.79 Å². The molecule has 0 aliphatic rings. The number of guanidine groups is 1. The number of hydrogen-bond donors (Lipinski definition) is 2. The van der Waals surface area contributed by atoms with Gasteiger partial charge in [-0.15, -0.1) is 24.0 Å². The summed E-state index contributed by atoms with van der Waals surface area (Å²) in [6, 6.07) is 0. The molecule has 0 fully saturated rings. The van der Waals surface area contributed by atoms with E-state index in [2.05, 4.69) is 43.3 Å². The van der Waals surface area contributed by atoms with E-state index in [1.54, 1.807) is 19.0 Å². The van der Waals surface area contributed by atoms with E-state index >= 15 is 0 Å². The quantitative estimate of drug-likeness (QED) is 0.366. The molecule has 0 aromatic heterocycles. The number of amides is 1. The highest BCUT2D eigenvalue weighted by molar-refractivity contribution is 14.0. The van der Waals surface area contributed by atoms with Crippen molar-refractivity contribution in [1.82, 2.24) is 15.5 Å². The standard InChI is InChI=1S/C15H32N4O.HI/c1-7-13(8-2)10-17-15(16-9-12(3)4)18-11-14(20)19(5)6;/h12-13H,7-11H2,1-6H3,(H2,16,17,18);1H. The Morgan fingerprint density at radius 2 is 1.62 bits per heavy atom. The summed E-state index contributed by atoms with van der Waals surface area (Å²) >= 11 is 0. The van der Waals surface area contributed by atoms with Crippen molar-refractivity contribution in [1.29, 1.82) is 0 Å². The number of carbonyl (C=O) groups is 1. The van der Waals surface area contributed by atoms with Crippen molar-refractivity contribution >= 4 is 35.8 Å². The number of aliphatic imine (C=N–C) groups is 1. The van der Waals surface area contributed by atoms with Gasteiger partial charge in [-0.25, -0.2) is 4.99 Å². The Hall–Kier alpha value is -0.530. The van der Waals surface area contributed by atoms with Crippen LogP contribution < -0.4 is 10.6 Å². The molecule has 5 nitrogen and oxygen atoms in total. The average molecular weight is 412 g/mol. The summed E-state index contributed by atoms with van der Waals surface area (Å²) in [7, 11) is 3.49. The van der Waals surface area contributed by atoms with E-state index in [1.165, 1.54) is 0 Å². The lowest BCUT2D eigenvalue weighted by Crippen LogP contribution is -2.42. The van der Waals surface area contributed by atoms with Crippen LogP contribution in [0.3, 0.4) is 0 Å². The van der Waals surface area contributed by atoms with Gasteiger partial charge in [0.15, 0.2) is 5.96 Å². The predicted molar refractivity (Wildman–Crippen MR) is 101 cm³/mol. The maximum Gasteiger partial charge on any atom is 0.243 e. The van der Waals surface area contributed by atoms with Crippen molar-refractivity contribution in [3.63, 3.8) is 0 Å². The fraction of sp³-hybridized carbons (Fsp3) is 0.867. The summed E-state index contributed by atoms with van der Waals surface area (Å²) in [4.78, 5) is 17.5. The molecule has 0 spiro atoms. The number of rotatable bonds is 8. The van der Waals surface area contributed by atoms with Gasteiger partial charge in [0, 0.05) is 27.2 Å². The van der Waals surface area contributed by atoms with Crippen LogP contribution in [0.15, 0.2) is 4.99 Å². The second kappa shape index (κ2) is 13.2. The monoisotopic (exact) mass is 412 g/mol. The van der Waals surface area contributed by atoms with Crippen molar-refractivity contribution in [3.8, 4) is 0 Å². The summed E-state index contributed by atoms with van der Waals surface area (Å²) in [6.45, 7) is 10.6. The molecule has 21 heavy (non-hydrogen) atoms. The van der Waals surface area contributed by atoms with Crippen LogP contribution in [0.4, 0.5) is 0 Å². The molecule has 0 saturated carbocycles. The number of nitrogens with zero attached hydrogens (tertiary/aromatic N) is 2. The molecule has 6 heteroatoms. The summed E-state index contributed by atoms with van der Waals surface area (Å²) < 4.78 is 0. The molecule has 0 aliphatic heterocycles. The molecular formula is C15H33IN4O. The van der Waals surface area contributed by atoms with Crippen LogP contribution in [0.1, 0.15) is 40.5 Å². The molecule has 0 saturated heterocycles. The molecule has 0 heterocycles. The largest absolute Gasteiger partial charge is 0.356 e. The summed E-state index contributed by atoms with van der Waals surface area (Å²) in [5.41, 5.74) is 0. The van der Waals surface area contributed by atoms with Gasteiger partial charge in [-0.05, 0) is 11.8 Å². The second-order valence-electron chi connectivity index (χ2n) is 5.79. The van der Waals surface area contributed by atoms with Gasteiger partial charge in [-0.1, -0.05) is 40.5 Å². The number of nitrogens with one attached hydrogen (secondary N) is 2. The van der Waals surface area contributed by atoms with Gasteiger partial charge >= 0.3 is 0 Å². The van der Waals surface area contributed by atoms with E-state index in [0.29, 0.717) is 11.8 Å². The highest BCUT2D eigenvalue weighted by Crippen LogP contribution is 2.04. The molecule has 0 rings (SSSR count). The van der Waals surface area contributed by atoms with Crippen molar-refractivity contribution in [2.45, 2.75) is 40.5 Å². The first-order valence-corrected chi connectivity index (χ1v) is 7.62. The number of hydrogen-bond acceptors (Lipinski definition) is 2. The topological polar surface area (TPSA) is 56.7 Å². The van der Waals surface area contributed by atoms with Crippen molar-refractivity contribution in [2.75, 3.05) is 33.7 Å². The first-order chi connectivity index (χ1) is 9.40. The SMILES string of the molecule is CCC(CC)CNC(=NCC(=O)N(C)C)NCC(C)C.I. The van der Waals surface area contributed by atoms with Gasteiger partial charge in [0.25, 0.3) is 0 Å². The van der Waals surface area contributed by atoms with Gasteiger partial charge in [0.2, 0.25) is 5.91 Å². The molecule has 126 valence electrons. The zero-order valence-electron chi connectivity index (χ0n) is 14.4. The van der Waals surface area contributed by atoms with Crippen LogP contribution in [0, 0.1) is 11.8 Å². The van der Waals surface area contributed by atoms with Crippen LogP contribution in [-0.2, 0) is 4.79 Å². The zero-order chi connectivity index (χ0) is 15.5. The minimum absolute atomic E-state index is 0. The van der Waals surface area contributed by atoms with Gasteiger partial charge < -0.3 is 15.5 Å². The van der Waals surface area contributed by atoms with Gasteiger partial charge in [0.05, 0.1) is 0 Å². The Labute approximate surface area is 147 Å². The maximum absolute atomic E-state index is 11.6. The third kappa shape index (κ3) is 11.8. The Morgan fingerprint density at radius 3 is 2.05 bits per heavy atom. The molecule has 2 N–H and O–H groups in total. The minimum atomic E-state index is 0. The number of likely N-dealkylation sites (N-methyl/N-ethyl adjacent to an activating group) is 1. The van der Waals surface area contributed by atoms with E-state index in [9.17, 15) is 4.79 Å². The summed E-state index contributed by atoms with van der Waals surface area (Å²) in [5, 5.41) is 6.62. The molecule has 0 aromatic carbocycles. The highest BCUT2D eigenvalue weighted by Gasteiger charge is 2.07.